The van der Waals surface area contributed by atoms with E-state index in [1.807, 2.05) is 18.2 Å². The van der Waals surface area contributed by atoms with Crippen molar-refractivity contribution in [2.45, 2.75) is 24.9 Å². The Morgan fingerprint density at radius 3 is 2.81 bits per heavy atom. The molecule has 0 saturated heterocycles. The van der Waals surface area contributed by atoms with Crippen molar-refractivity contribution in [3.63, 3.8) is 0 Å². The first kappa shape index (κ1) is 18.9. The van der Waals surface area contributed by atoms with Crippen LogP contribution in [0.3, 0.4) is 0 Å². The van der Waals surface area contributed by atoms with Gasteiger partial charge in [-0.1, -0.05) is 37.7 Å². The quantitative estimate of drug-likeness (QED) is 0.324. The van der Waals surface area contributed by atoms with E-state index in [9.17, 15) is 9.59 Å². The summed E-state index contributed by atoms with van der Waals surface area (Å²) < 4.78 is 1.14. The first-order valence-electron chi connectivity index (χ1n) is 8.15. The van der Waals surface area contributed by atoms with Gasteiger partial charge in [0, 0.05) is 9.26 Å². The molecule has 0 aliphatic rings. The summed E-state index contributed by atoms with van der Waals surface area (Å²) in [7, 11) is 0. The summed E-state index contributed by atoms with van der Waals surface area (Å²) in [5.41, 5.74) is 2.36. The number of thioether (sulfide) groups is 1. The zero-order valence-corrected chi connectivity index (χ0v) is 17.3. The van der Waals surface area contributed by atoms with Gasteiger partial charge in [-0.15, -0.1) is 0 Å². The summed E-state index contributed by atoms with van der Waals surface area (Å²) in [4.78, 5) is 31.5. The highest BCUT2D eigenvalue weighted by molar-refractivity contribution is 14.1. The molecule has 3 aromatic rings. The lowest BCUT2D eigenvalue weighted by Gasteiger charge is -2.14. The van der Waals surface area contributed by atoms with Gasteiger partial charge in [0.25, 0.3) is 5.56 Å². The number of amides is 1. The molecule has 0 fully saturated rings. The van der Waals surface area contributed by atoms with Gasteiger partial charge in [0.1, 0.15) is 0 Å². The van der Waals surface area contributed by atoms with E-state index in [-0.39, 0.29) is 17.2 Å². The predicted molar refractivity (Wildman–Crippen MR) is 115 cm³/mol. The zero-order valence-electron chi connectivity index (χ0n) is 14.4. The summed E-state index contributed by atoms with van der Waals surface area (Å²) in [6.07, 6.45) is 0. The maximum atomic E-state index is 12.3. The molecule has 1 amide bonds. The van der Waals surface area contributed by atoms with E-state index in [0.717, 1.165) is 14.8 Å². The summed E-state index contributed by atoms with van der Waals surface area (Å²) >= 11 is 3.48. The summed E-state index contributed by atoms with van der Waals surface area (Å²) in [6, 6.07) is 13.1. The molecular weight excluding hydrogens is 461 g/mol. The number of hydrogen-bond acceptors (Lipinski definition) is 4. The third-order valence-electron chi connectivity index (χ3n) is 3.84. The Balaban J connectivity index is 1.71. The molecule has 0 spiro atoms. The molecule has 0 saturated carbocycles. The molecule has 2 aromatic carbocycles. The Kier molecular flexibility index (Phi) is 5.98. The second kappa shape index (κ2) is 8.22. The highest BCUT2D eigenvalue weighted by atomic mass is 127. The number of aromatic amines is 1. The second-order valence-corrected chi connectivity index (χ2v) is 8.32. The fourth-order valence-electron chi connectivity index (χ4n) is 2.58. The number of aromatic nitrogens is 2. The molecule has 1 aromatic heterocycles. The van der Waals surface area contributed by atoms with Gasteiger partial charge in [-0.05, 0) is 64.4 Å². The number of benzene rings is 2. The molecule has 0 bridgehead atoms. The van der Waals surface area contributed by atoms with Crippen molar-refractivity contribution in [2.24, 2.45) is 0 Å². The van der Waals surface area contributed by atoms with Crippen LogP contribution in [0.25, 0.3) is 10.9 Å². The van der Waals surface area contributed by atoms with Crippen molar-refractivity contribution in [2.75, 3.05) is 11.1 Å². The smallest absolute Gasteiger partial charge is 0.259 e. The number of anilines is 1. The average Bonchev–Trinajstić information content (AvgIpc) is 2.61. The SMILES string of the molecule is CC(C)c1cc(I)ccc1NC(=O)CSc1nc2ccccc2c(=O)[nH]1. The highest BCUT2D eigenvalue weighted by Crippen LogP contribution is 2.26. The van der Waals surface area contributed by atoms with E-state index in [4.69, 9.17) is 0 Å². The normalized spacial score (nSPS) is 11.1. The van der Waals surface area contributed by atoms with Crippen LogP contribution < -0.4 is 10.9 Å². The summed E-state index contributed by atoms with van der Waals surface area (Å²) in [5, 5.41) is 3.94. The van der Waals surface area contributed by atoms with Crippen molar-refractivity contribution < 1.29 is 4.79 Å². The summed E-state index contributed by atoms with van der Waals surface area (Å²) in [6.45, 7) is 4.19. The number of carbonyl (C=O) groups is 1. The van der Waals surface area contributed by atoms with E-state index in [1.165, 1.54) is 11.8 Å². The van der Waals surface area contributed by atoms with Crippen molar-refractivity contribution in [3.05, 3.63) is 62.0 Å². The fourth-order valence-corrected chi connectivity index (χ4v) is 3.76. The van der Waals surface area contributed by atoms with Crippen molar-refractivity contribution >= 4 is 56.9 Å². The zero-order chi connectivity index (χ0) is 18.7. The molecular formula is C19H18IN3O2S. The van der Waals surface area contributed by atoms with Gasteiger partial charge >= 0.3 is 0 Å². The maximum absolute atomic E-state index is 12.3. The number of nitrogens with zero attached hydrogens (tertiary/aromatic N) is 1. The van der Waals surface area contributed by atoms with Crippen LogP contribution in [0.4, 0.5) is 5.69 Å². The van der Waals surface area contributed by atoms with E-state index in [0.29, 0.717) is 22.0 Å². The van der Waals surface area contributed by atoms with E-state index in [1.54, 1.807) is 18.2 Å². The lowest BCUT2D eigenvalue weighted by Crippen LogP contribution is -2.17. The van der Waals surface area contributed by atoms with Crippen molar-refractivity contribution in [1.82, 2.24) is 9.97 Å². The number of fused-ring (bicyclic) bond motifs is 1. The minimum absolute atomic E-state index is 0.131. The molecule has 26 heavy (non-hydrogen) atoms. The number of rotatable bonds is 5. The van der Waals surface area contributed by atoms with E-state index < -0.39 is 0 Å². The first-order valence-corrected chi connectivity index (χ1v) is 10.2. The minimum atomic E-state index is -0.196. The number of para-hydroxylation sites is 1. The topological polar surface area (TPSA) is 74.8 Å². The molecule has 1 heterocycles. The van der Waals surface area contributed by atoms with Gasteiger partial charge in [-0.2, -0.15) is 0 Å². The largest absolute Gasteiger partial charge is 0.325 e. The van der Waals surface area contributed by atoms with Crippen molar-refractivity contribution in [1.29, 1.82) is 0 Å². The first-order chi connectivity index (χ1) is 12.4. The fraction of sp³-hybridized carbons (Fsp3) is 0.211. The lowest BCUT2D eigenvalue weighted by atomic mass is 10.0. The molecule has 0 aliphatic heterocycles. The summed E-state index contributed by atoms with van der Waals surface area (Å²) in [5.74, 6) is 0.352. The van der Waals surface area contributed by atoms with E-state index in [2.05, 4.69) is 57.8 Å². The lowest BCUT2D eigenvalue weighted by molar-refractivity contribution is -0.113. The number of carbonyl (C=O) groups excluding carboxylic acids is 1. The number of H-pyrrole nitrogens is 1. The minimum Gasteiger partial charge on any atom is -0.325 e. The van der Waals surface area contributed by atoms with Crippen LogP contribution in [0.2, 0.25) is 0 Å². The van der Waals surface area contributed by atoms with Gasteiger partial charge in [0.05, 0.1) is 16.7 Å². The number of nitrogens with one attached hydrogen (secondary N) is 2. The highest BCUT2D eigenvalue weighted by Gasteiger charge is 2.12. The van der Waals surface area contributed by atoms with E-state index >= 15 is 0 Å². The number of halogens is 1. The molecule has 0 atom stereocenters. The maximum Gasteiger partial charge on any atom is 0.259 e. The van der Waals surface area contributed by atoms with Crippen LogP contribution in [0.1, 0.15) is 25.3 Å². The third-order valence-corrected chi connectivity index (χ3v) is 5.39. The predicted octanol–water partition coefficient (Wildman–Crippen LogP) is 4.38. The molecule has 0 radical (unpaired) electrons. The van der Waals surface area contributed by atoms with Crippen LogP contribution in [0.15, 0.2) is 52.4 Å². The molecule has 134 valence electrons. The van der Waals surface area contributed by atoms with Gasteiger partial charge < -0.3 is 10.3 Å². The molecule has 5 nitrogen and oxygen atoms in total. The third kappa shape index (κ3) is 4.45. The Bertz CT molecular complexity index is 1020. The molecule has 2 N–H and O–H groups in total. The molecule has 7 heteroatoms. The van der Waals surface area contributed by atoms with Crippen LogP contribution >= 0.6 is 34.4 Å². The Morgan fingerprint density at radius 2 is 2.04 bits per heavy atom. The van der Waals surface area contributed by atoms with Crippen LogP contribution in [0.5, 0.6) is 0 Å². The van der Waals surface area contributed by atoms with Crippen LogP contribution in [-0.4, -0.2) is 21.6 Å². The monoisotopic (exact) mass is 479 g/mol. The molecule has 0 unspecified atom stereocenters. The van der Waals surface area contributed by atoms with Gasteiger partial charge in [0.2, 0.25) is 5.91 Å². The van der Waals surface area contributed by atoms with Crippen LogP contribution in [0, 0.1) is 3.57 Å². The Hall–Kier alpha value is -1.87. The average molecular weight is 479 g/mol. The molecule has 0 aliphatic carbocycles. The Labute approximate surface area is 169 Å². The van der Waals surface area contributed by atoms with Gasteiger partial charge in [-0.25, -0.2) is 4.98 Å². The van der Waals surface area contributed by atoms with Crippen LogP contribution in [-0.2, 0) is 4.79 Å². The standard InChI is InChI=1S/C19H18IN3O2S/c1-11(2)14-9-12(20)7-8-16(14)21-17(24)10-26-19-22-15-6-4-3-5-13(15)18(25)23-19/h3-9,11H,10H2,1-2H3,(H,21,24)(H,22,23,25). The second-order valence-electron chi connectivity index (χ2n) is 6.11. The Morgan fingerprint density at radius 1 is 1.27 bits per heavy atom. The van der Waals surface area contributed by atoms with Gasteiger partial charge in [0.15, 0.2) is 5.16 Å². The number of hydrogen-bond donors (Lipinski definition) is 2. The van der Waals surface area contributed by atoms with Gasteiger partial charge in [-0.3, -0.25) is 9.59 Å². The van der Waals surface area contributed by atoms with Crippen molar-refractivity contribution in [3.8, 4) is 0 Å². The molecule has 3 rings (SSSR count).